The second-order valence-corrected chi connectivity index (χ2v) is 6.73. The van der Waals surface area contributed by atoms with Gasteiger partial charge in [0.15, 0.2) is 5.96 Å². The van der Waals surface area contributed by atoms with E-state index in [4.69, 9.17) is 0 Å². The van der Waals surface area contributed by atoms with Crippen molar-refractivity contribution in [1.82, 2.24) is 19.8 Å². The third-order valence-electron chi connectivity index (χ3n) is 4.64. The number of aliphatic imine (C=N–C) groups is 1. The Kier molecular flexibility index (Phi) is 6.26. The maximum atomic E-state index is 4.42. The minimum absolute atomic E-state index is 0.746. The predicted molar refractivity (Wildman–Crippen MR) is 111 cm³/mol. The Labute approximate surface area is 161 Å². The summed E-state index contributed by atoms with van der Waals surface area (Å²) in [5, 5.41) is 3.45. The lowest BCUT2D eigenvalue weighted by Crippen LogP contribution is -2.38. The van der Waals surface area contributed by atoms with Gasteiger partial charge in [0.05, 0.1) is 6.33 Å². The molecule has 0 bridgehead atoms. The topological polar surface area (TPSA) is 45.5 Å². The van der Waals surface area contributed by atoms with Crippen LogP contribution in [0.4, 0.5) is 0 Å². The van der Waals surface area contributed by atoms with E-state index in [1.165, 1.54) is 22.3 Å². The molecule has 1 aromatic heterocycles. The van der Waals surface area contributed by atoms with E-state index in [9.17, 15) is 0 Å². The van der Waals surface area contributed by atoms with Crippen LogP contribution in [0.15, 0.2) is 72.2 Å². The van der Waals surface area contributed by atoms with E-state index >= 15 is 0 Å². The molecular formula is C22H27N5. The molecule has 0 saturated heterocycles. The van der Waals surface area contributed by atoms with Crippen molar-refractivity contribution in [1.29, 1.82) is 0 Å². The molecule has 0 unspecified atom stereocenters. The fourth-order valence-corrected chi connectivity index (χ4v) is 3.04. The van der Waals surface area contributed by atoms with Crippen molar-refractivity contribution in [2.24, 2.45) is 4.99 Å². The highest BCUT2D eigenvalue weighted by Gasteiger charge is 2.08. The normalized spacial score (nSPS) is 11.4. The van der Waals surface area contributed by atoms with Gasteiger partial charge in [-0.15, -0.1) is 0 Å². The second kappa shape index (κ2) is 9.03. The van der Waals surface area contributed by atoms with Crippen LogP contribution in [-0.4, -0.2) is 34.5 Å². The van der Waals surface area contributed by atoms with Crippen molar-refractivity contribution >= 4 is 5.96 Å². The van der Waals surface area contributed by atoms with Crippen LogP contribution in [0.1, 0.15) is 22.3 Å². The van der Waals surface area contributed by atoms with E-state index in [0.717, 1.165) is 25.6 Å². The molecule has 3 aromatic rings. The van der Waals surface area contributed by atoms with Gasteiger partial charge in [-0.25, -0.2) is 4.98 Å². The number of nitrogens with zero attached hydrogens (tertiary/aromatic N) is 4. The third-order valence-corrected chi connectivity index (χ3v) is 4.64. The Balaban J connectivity index is 1.55. The Bertz CT molecular complexity index is 866. The molecular weight excluding hydrogens is 334 g/mol. The average molecular weight is 361 g/mol. The van der Waals surface area contributed by atoms with Crippen molar-refractivity contribution in [3.05, 3.63) is 89.5 Å². The summed E-state index contributed by atoms with van der Waals surface area (Å²) in [6, 6.07) is 17.1. The Morgan fingerprint density at radius 1 is 1.11 bits per heavy atom. The van der Waals surface area contributed by atoms with Gasteiger partial charge < -0.3 is 14.8 Å². The number of nitrogens with one attached hydrogen (secondary N) is 1. The van der Waals surface area contributed by atoms with Crippen molar-refractivity contribution < 1.29 is 0 Å². The van der Waals surface area contributed by atoms with Gasteiger partial charge in [-0.3, -0.25) is 4.99 Å². The molecule has 0 amide bonds. The summed E-state index contributed by atoms with van der Waals surface area (Å²) < 4.78 is 2.07. The smallest absolute Gasteiger partial charge is 0.193 e. The Morgan fingerprint density at radius 2 is 1.85 bits per heavy atom. The highest BCUT2D eigenvalue weighted by Crippen LogP contribution is 2.10. The summed E-state index contributed by atoms with van der Waals surface area (Å²) in [6.45, 7) is 4.56. The van der Waals surface area contributed by atoms with Crippen LogP contribution in [0.25, 0.3) is 0 Å². The molecule has 0 atom stereocenters. The molecule has 0 spiro atoms. The SMILES string of the molecule is CN=C(NCc1ccc(Cn2ccnc2)cc1)N(C)Cc1ccccc1C. The largest absolute Gasteiger partial charge is 0.352 e. The molecule has 140 valence electrons. The molecule has 27 heavy (non-hydrogen) atoms. The molecule has 5 nitrogen and oxygen atoms in total. The van der Waals surface area contributed by atoms with E-state index in [1.54, 1.807) is 6.20 Å². The van der Waals surface area contributed by atoms with Crippen molar-refractivity contribution in [3.63, 3.8) is 0 Å². The van der Waals surface area contributed by atoms with Gasteiger partial charge in [0, 0.05) is 46.1 Å². The zero-order chi connectivity index (χ0) is 19.1. The van der Waals surface area contributed by atoms with Gasteiger partial charge in [-0.1, -0.05) is 48.5 Å². The van der Waals surface area contributed by atoms with E-state index in [0.29, 0.717) is 0 Å². The monoisotopic (exact) mass is 361 g/mol. The molecule has 1 heterocycles. The number of hydrogen-bond acceptors (Lipinski definition) is 2. The van der Waals surface area contributed by atoms with Crippen LogP contribution in [0.5, 0.6) is 0 Å². The van der Waals surface area contributed by atoms with Crippen molar-refractivity contribution in [3.8, 4) is 0 Å². The first-order valence-electron chi connectivity index (χ1n) is 9.15. The van der Waals surface area contributed by atoms with Crippen LogP contribution in [0.3, 0.4) is 0 Å². The average Bonchev–Trinajstić information content (AvgIpc) is 3.18. The number of benzene rings is 2. The first-order valence-corrected chi connectivity index (χ1v) is 9.15. The third kappa shape index (κ3) is 5.20. The van der Waals surface area contributed by atoms with Gasteiger partial charge >= 0.3 is 0 Å². The molecule has 0 aliphatic rings. The van der Waals surface area contributed by atoms with Crippen molar-refractivity contribution in [2.45, 2.75) is 26.6 Å². The molecule has 0 aliphatic carbocycles. The van der Waals surface area contributed by atoms with E-state index in [-0.39, 0.29) is 0 Å². The zero-order valence-corrected chi connectivity index (χ0v) is 16.3. The summed E-state index contributed by atoms with van der Waals surface area (Å²) in [6.07, 6.45) is 5.62. The van der Waals surface area contributed by atoms with Crippen LogP contribution in [-0.2, 0) is 19.6 Å². The molecule has 0 fully saturated rings. The zero-order valence-electron chi connectivity index (χ0n) is 16.3. The van der Waals surface area contributed by atoms with E-state index < -0.39 is 0 Å². The molecule has 1 N–H and O–H groups in total. The van der Waals surface area contributed by atoms with Crippen LogP contribution < -0.4 is 5.32 Å². The molecule has 0 radical (unpaired) electrons. The number of rotatable bonds is 6. The lowest BCUT2D eigenvalue weighted by molar-refractivity contribution is 0.475. The van der Waals surface area contributed by atoms with Gasteiger partial charge in [0.25, 0.3) is 0 Å². The number of imidazole rings is 1. The second-order valence-electron chi connectivity index (χ2n) is 6.73. The predicted octanol–water partition coefficient (Wildman–Crippen LogP) is 3.45. The van der Waals surface area contributed by atoms with Crippen LogP contribution >= 0.6 is 0 Å². The summed E-state index contributed by atoms with van der Waals surface area (Å²) >= 11 is 0. The minimum Gasteiger partial charge on any atom is -0.352 e. The van der Waals surface area contributed by atoms with Gasteiger partial charge in [0.2, 0.25) is 0 Å². The quantitative estimate of drug-likeness (QED) is 0.540. The van der Waals surface area contributed by atoms with Gasteiger partial charge in [-0.05, 0) is 29.2 Å². The lowest BCUT2D eigenvalue weighted by Gasteiger charge is -2.23. The maximum Gasteiger partial charge on any atom is 0.193 e. The lowest BCUT2D eigenvalue weighted by atomic mass is 10.1. The molecule has 2 aromatic carbocycles. The molecule has 0 saturated carbocycles. The Morgan fingerprint density at radius 3 is 2.52 bits per heavy atom. The van der Waals surface area contributed by atoms with Gasteiger partial charge in [-0.2, -0.15) is 0 Å². The molecule has 5 heteroatoms. The van der Waals surface area contributed by atoms with E-state index in [1.807, 2.05) is 19.6 Å². The molecule has 3 rings (SSSR count). The van der Waals surface area contributed by atoms with Gasteiger partial charge in [0.1, 0.15) is 0 Å². The number of hydrogen-bond donors (Lipinski definition) is 1. The van der Waals surface area contributed by atoms with Crippen LogP contribution in [0.2, 0.25) is 0 Å². The Hall–Kier alpha value is -3.08. The maximum absolute atomic E-state index is 4.42. The van der Waals surface area contributed by atoms with Crippen molar-refractivity contribution in [2.75, 3.05) is 14.1 Å². The van der Waals surface area contributed by atoms with Crippen LogP contribution in [0, 0.1) is 6.92 Å². The summed E-state index contributed by atoms with van der Waals surface area (Å²) in [5.41, 5.74) is 5.10. The number of guanidine groups is 1. The highest BCUT2D eigenvalue weighted by atomic mass is 15.3. The number of aryl methyl sites for hydroxylation is 1. The fraction of sp³-hybridized carbons (Fsp3) is 0.273. The summed E-state index contributed by atoms with van der Waals surface area (Å²) in [7, 11) is 3.89. The summed E-state index contributed by atoms with van der Waals surface area (Å²) in [5.74, 6) is 0.890. The first-order chi connectivity index (χ1) is 13.2. The minimum atomic E-state index is 0.746. The highest BCUT2D eigenvalue weighted by molar-refractivity contribution is 5.79. The first kappa shape index (κ1) is 18.7. The standard InChI is InChI=1S/C22H27N5/c1-18-6-4-5-7-21(18)16-26(3)22(23-2)25-14-19-8-10-20(11-9-19)15-27-13-12-24-17-27/h4-13,17H,14-16H2,1-3H3,(H,23,25). The van der Waals surface area contributed by atoms with E-state index in [2.05, 4.69) is 87.3 Å². The molecule has 0 aliphatic heterocycles. The number of aromatic nitrogens is 2. The summed E-state index contributed by atoms with van der Waals surface area (Å²) in [4.78, 5) is 10.6. The fourth-order valence-electron chi connectivity index (χ4n) is 3.04.